The first-order valence-electron chi connectivity index (χ1n) is 7.51. The maximum absolute atomic E-state index is 12.8. The van der Waals surface area contributed by atoms with Gasteiger partial charge >= 0.3 is 6.18 Å². The number of hydrogen-bond acceptors (Lipinski definition) is 2. The summed E-state index contributed by atoms with van der Waals surface area (Å²) in [5.41, 5.74) is 5.60. The number of halogens is 3. The fourth-order valence-electron chi connectivity index (χ4n) is 3.69. The summed E-state index contributed by atoms with van der Waals surface area (Å²) in [4.78, 5) is 2.31. The molecule has 2 fully saturated rings. The predicted octanol–water partition coefficient (Wildman–Crippen LogP) is 3.17. The van der Waals surface area contributed by atoms with Crippen LogP contribution < -0.4 is 5.73 Å². The van der Waals surface area contributed by atoms with Gasteiger partial charge in [0.25, 0.3) is 0 Å². The SMILES string of the molecule is NCCC1CCCN(C2CCCC(C(F)(F)F)C2)C1. The van der Waals surface area contributed by atoms with Crippen LogP contribution >= 0.6 is 0 Å². The minimum absolute atomic E-state index is 0.140. The lowest BCUT2D eigenvalue weighted by atomic mass is 9.83. The Kier molecular flexibility index (Phi) is 5.12. The molecule has 1 saturated carbocycles. The van der Waals surface area contributed by atoms with Crippen molar-refractivity contribution in [3.8, 4) is 0 Å². The average Bonchev–Trinajstić information content (AvgIpc) is 2.39. The van der Waals surface area contributed by atoms with Gasteiger partial charge in [0.05, 0.1) is 5.92 Å². The second kappa shape index (κ2) is 6.44. The van der Waals surface area contributed by atoms with E-state index in [9.17, 15) is 13.2 Å². The van der Waals surface area contributed by atoms with Gasteiger partial charge in [-0.3, -0.25) is 0 Å². The zero-order valence-electron chi connectivity index (χ0n) is 11.5. The van der Waals surface area contributed by atoms with Gasteiger partial charge in [-0.2, -0.15) is 13.2 Å². The molecule has 0 aromatic heterocycles. The second-order valence-electron chi connectivity index (χ2n) is 6.14. The van der Waals surface area contributed by atoms with E-state index in [0.717, 1.165) is 32.4 Å². The highest BCUT2D eigenvalue weighted by Gasteiger charge is 2.43. The molecular weight excluding hydrogens is 253 g/mol. The van der Waals surface area contributed by atoms with E-state index in [1.165, 1.54) is 6.42 Å². The van der Waals surface area contributed by atoms with Gasteiger partial charge < -0.3 is 10.6 Å². The highest BCUT2D eigenvalue weighted by molar-refractivity contribution is 4.86. The summed E-state index contributed by atoms with van der Waals surface area (Å²) >= 11 is 0. The molecule has 2 nitrogen and oxygen atoms in total. The lowest BCUT2D eigenvalue weighted by Crippen LogP contribution is -2.46. The first kappa shape index (κ1) is 15.1. The minimum atomic E-state index is -4.01. The predicted molar refractivity (Wildman–Crippen MR) is 69.8 cm³/mol. The molecule has 3 atom stereocenters. The van der Waals surface area contributed by atoms with Gasteiger partial charge in [0.15, 0.2) is 0 Å². The third-order valence-corrected chi connectivity index (χ3v) is 4.75. The Balaban J connectivity index is 1.90. The van der Waals surface area contributed by atoms with E-state index in [2.05, 4.69) is 4.90 Å². The Labute approximate surface area is 113 Å². The highest BCUT2D eigenvalue weighted by atomic mass is 19.4. The normalized spacial score (nSPS) is 34.4. The molecule has 0 aromatic carbocycles. The summed E-state index contributed by atoms with van der Waals surface area (Å²) in [6, 6.07) is 0.140. The lowest BCUT2D eigenvalue weighted by molar-refractivity contribution is -0.187. The van der Waals surface area contributed by atoms with Gasteiger partial charge in [-0.25, -0.2) is 0 Å². The number of nitrogens with zero attached hydrogens (tertiary/aromatic N) is 1. The van der Waals surface area contributed by atoms with Crippen LogP contribution in [0, 0.1) is 11.8 Å². The van der Waals surface area contributed by atoms with Crippen LogP contribution in [0.1, 0.15) is 44.9 Å². The molecule has 2 N–H and O–H groups in total. The molecule has 1 heterocycles. The Hall–Kier alpha value is -0.290. The topological polar surface area (TPSA) is 29.3 Å². The average molecular weight is 278 g/mol. The smallest absolute Gasteiger partial charge is 0.330 e. The van der Waals surface area contributed by atoms with Crippen LogP contribution in [0.25, 0.3) is 0 Å². The van der Waals surface area contributed by atoms with Crippen LogP contribution in [-0.2, 0) is 0 Å². The maximum atomic E-state index is 12.8. The molecule has 1 saturated heterocycles. The molecular formula is C14H25F3N2. The van der Waals surface area contributed by atoms with Crippen LogP contribution in [0.3, 0.4) is 0 Å². The van der Waals surface area contributed by atoms with Crippen molar-refractivity contribution in [3.63, 3.8) is 0 Å². The summed E-state index contributed by atoms with van der Waals surface area (Å²) < 4.78 is 38.5. The highest BCUT2D eigenvalue weighted by Crippen LogP contribution is 2.39. The Morgan fingerprint density at radius 3 is 2.58 bits per heavy atom. The van der Waals surface area contributed by atoms with Gasteiger partial charge in [-0.1, -0.05) is 6.42 Å². The third kappa shape index (κ3) is 4.09. The van der Waals surface area contributed by atoms with E-state index in [0.29, 0.717) is 31.7 Å². The summed E-state index contributed by atoms with van der Waals surface area (Å²) in [6.45, 7) is 2.61. The molecule has 19 heavy (non-hydrogen) atoms. The standard InChI is InChI=1S/C14H25F3N2/c15-14(16,17)12-4-1-5-13(9-12)19-8-2-3-11(10-19)6-7-18/h11-13H,1-10,18H2. The molecule has 0 amide bonds. The van der Waals surface area contributed by atoms with Gasteiger partial charge in [-0.15, -0.1) is 0 Å². The number of nitrogens with two attached hydrogens (primary N) is 1. The van der Waals surface area contributed by atoms with Crippen LogP contribution in [0.4, 0.5) is 13.2 Å². The summed E-state index contributed by atoms with van der Waals surface area (Å²) in [5.74, 6) is -0.494. The van der Waals surface area contributed by atoms with Crippen molar-refractivity contribution in [2.45, 2.75) is 57.2 Å². The van der Waals surface area contributed by atoms with Crippen molar-refractivity contribution in [2.24, 2.45) is 17.6 Å². The quantitative estimate of drug-likeness (QED) is 0.859. The van der Waals surface area contributed by atoms with E-state index < -0.39 is 12.1 Å². The first-order chi connectivity index (χ1) is 9.00. The van der Waals surface area contributed by atoms with Crippen molar-refractivity contribution in [2.75, 3.05) is 19.6 Å². The van der Waals surface area contributed by atoms with Crippen LogP contribution in [0.15, 0.2) is 0 Å². The maximum Gasteiger partial charge on any atom is 0.391 e. The first-order valence-corrected chi connectivity index (χ1v) is 7.51. The number of likely N-dealkylation sites (tertiary alicyclic amines) is 1. The fraction of sp³-hybridized carbons (Fsp3) is 1.00. The van der Waals surface area contributed by atoms with E-state index in [4.69, 9.17) is 5.73 Å². The molecule has 0 aromatic rings. The van der Waals surface area contributed by atoms with E-state index in [1.54, 1.807) is 0 Å². The molecule has 0 bridgehead atoms. The largest absolute Gasteiger partial charge is 0.391 e. The molecule has 3 unspecified atom stereocenters. The van der Waals surface area contributed by atoms with E-state index >= 15 is 0 Å². The van der Waals surface area contributed by atoms with Crippen molar-refractivity contribution < 1.29 is 13.2 Å². The number of hydrogen-bond donors (Lipinski definition) is 1. The zero-order chi connectivity index (χ0) is 13.9. The Bertz CT molecular complexity index is 278. The minimum Gasteiger partial charge on any atom is -0.330 e. The molecule has 0 radical (unpaired) electrons. The number of rotatable bonds is 3. The molecule has 2 rings (SSSR count). The van der Waals surface area contributed by atoms with E-state index in [-0.39, 0.29) is 6.04 Å². The molecule has 112 valence electrons. The van der Waals surface area contributed by atoms with Crippen molar-refractivity contribution in [3.05, 3.63) is 0 Å². The number of alkyl halides is 3. The molecule has 1 aliphatic carbocycles. The van der Waals surface area contributed by atoms with Gasteiger partial charge in [0.1, 0.15) is 0 Å². The van der Waals surface area contributed by atoms with Crippen LogP contribution in [0.5, 0.6) is 0 Å². The molecule has 5 heteroatoms. The Morgan fingerprint density at radius 2 is 1.89 bits per heavy atom. The lowest BCUT2D eigenvalue weighted by Gasteiger charge is -2.42. The summed E-state index contributed by atoms with van der Waals surface area (Å²) in [5, 5.41) is 0. The van der Waals surface area contributed by atoms with Crippen molar-refractivity contribution in [1.29, 1.82) is 0 Å². The number of piperidine rings is 1. The zero-order valence-corrected chi connectivity index (χ0v) is 11.5. The second-order valence-corrected chi connectivity index (χ2v) is 6.14. The van der Waals surface area contributed by atoms with Gasteiger partial charge in [0, 0.05) is 12.6 Å². The summed E-state index contributed by atoms with van der Waals surface area (Å²) in [7, 11) is 0. The van der Waals surface area contributed by atoms with E-state index in [1.807, 2.05) is 0 Å². The van der Waals surface area contributed by atoms with Gasteiger partial charge in [-0.05, 0) is 57.5 Å². The molecule has 0 spiro atoms. The fourth-order valence-corrected chi connectivity index (χ4v) is 3.69. The third-order valence-electron chi connectivity index (χ3n) is 4.75. The van der Waals surface area contributed by atoms with Crippen LogP contribution in [0.2, 0.25) is 0 Å². The molecule has 2 aliphatic rings. The van der Waals surface area contributed by atoms with Gasteiger partial charge in [0.2, 0.25) is 0 Å². The van der Waals surface area contributed by atoms with Crippen molar-refractivity contribution >= 4 is 0 Å². The monoisotopic (exact) mass is 278 g/mol. The van der Waals surface area contributed by atoms with Crippen LogP contribution in [-0.4, -0.2) is 36.8 Å². The molecule has 1 aliphatic heterocycles. The van der Waals surface area contributed by atoms with Crippen molar-refractivity contribution in [1.82, 2.24) is 4.90 Å². The Morgan fingerprint density at radius 1 is 1.11 bits per heavy atom. The summed E-state index contributed by atoms with van der Waals surface area (Å²) in [6.07, 6.45) is 1.56.